The summed E-state index contributed by atoms with van der Waals surface area (Å²) < 4.78 is 5.66. The molecule has 0 aliphatic heterocycles. The predicted molar refractivity (Wildman–Crippen MR) is 129 cm³/mol. The van der Waals surface area contributed by atoms with Crippen LogP contribution in [0.25, 0.3) is 0 Å². The summed E-state index contributed by atoms with van der Waals surface area (Å²) >= 11 is 0. The Morgan fingerprint density at radius 3 is 2.55 bits per heavy atom. The zero-order valence-corrected chi connectivity index (χ0v) is 19.9. The molecule has 2 aromatic rings. The number of carbonyl (C=O) groups is 1. The van der Waals surface area contributed by atoms with Crippen LogP contribution in [0, 0.1) is 0 Å². The van der Waals surface area contributed by atoms with E-state index in [4.69, 9.17) is 4.74 Å². The number of aliphatic imine (C=N–C) groups is 1. The number of halogens is 1. The lowest BCUT2D eigenvalue weighted by Crippen LogP contribution is -2.38. The predicted octanol–water partition coefficient (Wildman–Crippen LogP) is 3.31. The summed E-state index contributed by atoms with van der Waals surface area (Å²) in [5, 5.41) is 6.63. The quantitative estimate of drug-likeness (QED) is 0.325. The Morgan fingerprint density at radius 1 is 1.10 bits per heavy atom. The monoisotopic (exact) mass is 510 g/mol. The molecule has 2 rings (SSSR count). The average molecular weight is 510 g/mol. The largest absolute Gasteiger partial charge is 0.494 e. The van der Waals surface area contributed by atoms with Crippen molar-refractivity contribution in [2.75, 3.05) is 34.3 Å². The fourth-order valence-electron chi connectivity index (χ4n) is 2.79. The Labute approximate surface area is 190 Å². The summed E-state index contributed by atoms with van der Waals surface area (Å²) in [7, 11) is 5.27. The lowest BCUT2D eigenvalue weighted by molar-refractivity contribution is 0.0827. The van der Waals surface area contributed by atoms with Gasteiger partial charge in [-0.2, -0.15) is 0 Å². The Kier molecular flexibility index (Phi) is 11.1. The summed E-state index contributed by atoms with van der Waals surface area (Å²) in [6.07, 6.45) is 0.796. The number of rotatable bonds is 8. The second-order valence-corrected chi connectivity index (χ2v) is 6.54. The Hall–Kier alpha value is -2.29. The lowest BCUT2D eigenvalue weighted by atomic mass is 10.1. The molecule has 0 aliphatic rings. The first-order valence-corrected chi connectivity index (χ1v) is 9.51. The molecule has 2 N–H and O–H groups in total. The first-order valence-electron chi connectivity index (χ1n) is 9.51. The molecular weight excluding hydrogens is 479 g/mol. The molecule has 0 unspecified atom stereocenters. The maximum absolute atomic E-state index is 12.1. The number of carbonyl (C=O) groups excluding carboxylic acids is 1. The molecule has 1 amide bonds. The van der Waals surface area contributed by atoms with Crippen LogP contribution in [0.15, 0.2) is 53.5 Å². The fourth-order valence-corrected chi connectivity index (χ4v) is 2.79. The van der Waals surface area contributed by atoms with E-state index in [1.54, 1.807) is 26.0 Å². The van der Waals surface area contributed by atoms with Gasteiger partial charge in [0.15, 0.2) is 5.96 Å². The van der Waals surface area contributed by atoms with E-state index in [1.807, 2.05) is 55.5 Å². The SMILES string of the molecule is CCOc1ccccc1CNC(=NC)NCCc1cccc(C(=O)N(C)C)c1.I. The van der Waals surface area contributed by atoms with E-state index in [0.717, 1.165) is 29.3 Å². The van der Waals surface area contributed by atoms with Crippen LogP contribution in [0.3, 0.4) is 0 Å². The van der Waals surface area contributed by atoms with Crippen molar-refractivity contribution >= 4 is 35.8 Å². The van der Waals surface area contributed by atoms with Gasteiger partial charge in [-0.25, -0.2) is 0 Å². The smallest absolute Gasteiger partial charge is 0.253 e. The Bertz CT molecular complexity index is 809. The van der Waals surface area contributed by atoms with Crippen LogP contribution in [0.4, 0.5) is 0 Å². The van der Waals surface area contributed by atoms with Gasteiger partial charge in [0.05, 0.1) is 6.61 Å². The second kappa shape index (κ2) is 13.0. The van der Waals surface area contributed by atoms with Gasteiger partial charge in [0.1, 0.15) is 5.75 Å². The average Bonchev–Trinajstić information content (AvgIpc) is 2.71. The van der Waals surface area contributed by atoms with Crippen LogP contribution >= 0.6 is 24.0 Å². The molecule has 0 bridgehead atoms. The molecule has 7 heteroatoms. The normalized spacial score (nSPS) is 10.7. The number of benzene rings is 2. The van der Waals surface area contributed by atoms with E-state index >= 15 is 0 Å². The maximum atomic E-state index is 12.1. The first-order chi connectivity index (χ1) is 13.5. The molecule has 0 saturated heterocycles. The Balaban J connectivity index is 0.00000420. The van der Waals surface area contributed by atoms with Crippen molar-refractivity contribution in [3.8, 4) is 5.75 Å². The van der Waals surface area contributed by atoms with E-state index in [1.165, 1.54) is 0 Å². The van der Waals surface area contributed by atoms with Crippen LogP contribution in [-0.4, -0.2) is 51.1 Å². The molecule has 0 atom stereocenters. The van der Waals surface area contributed by atoms with Crippen LogP contribution in [0.1, 0.15) is 28.4 Å². The highest BCUT2D eigenvalue weighted by molar-refractivity contribution is 14.0. The van der Waals surface area contributed by atoms with Crippen molar-refractivity contribution < 1.29 is 9.53 Å². The molecule has 0 aliphatic carbocycles. The van der Waals surface area contributed by atoms with Gasteiger partial charge in [0, 0.05) is 45.4 Å². The van der Waals surface area contributed by atoms with Crippen molar-refractivity contribution in [2.24, 2.45) is 4.99 Å². The molecule has 0 aromatic heterocycles. The highest BCUT2D eigenvalue weighted by Gasteiger charge is 2.08. The van der Waals surface area contributed by atoms with Gasteiger partial charge in [0.25, 0.3) is 5.91 Å². The van der Waals surface area contributed by atoms with E-state index in [0.29, 0.717) is 25.3 Å². The number of guanidine groups is 1. The molecule has 158 valence electrons. The topological polar surface area (TPSA) is 66.0 Å². The third kappa shape index (κ3) is 7.92. The number of hydrogen-bond donors (Lipinski definition) is 2. The van der Waals surface area contributed by atoms with E-state index < -0.39 is 0 Å². The summed E-state index contributed by atoms with van der Waals surface area (Å²) in [5.74, 6) is 1.63. The summed E-state index contributed by atoms with van der Waals surface area (Å²) in [4.78, 5) is 17.9. The number of amides is 1. The van der Waals surface area contributed by atoms with Crippen molar-refractivity contribution in [2.45, 2.75) is 19.9 Å². The molecule has 0 fully saturated rings. The summed E-state index contributed by atoms with van der Waals surface area (Å²) in [6.45, 7) is 3.96. The summed E-state index contributed by atoms with van der Waals surface area (Å²) in [5.41, 5.74) is 2.90. The number of nitrogens with zero attached hydrogens (tertiary/aromatic N) is 2. The van der Waals surface area contributed by atoms with Gasteiger partial charge >= 0.3 is 0 Å². The van der Waals surface area contributed by atoms with Crippen molar-refractivity contribution in [1.29, 1.82) is 0 Å². The molecule has 6 nitrogen and oxygen atoms in total. The molecule has 29 heavy (non-hydrogen) atoms. The summed E-state index contributed by atoms with van der Waals surface area (Å²) in [6, 6.07) is 15.7. The number of ether oxygens (including phenoxy) is 1. The second-order valence-electron chi connectivity index (χ2n) is 6.54. The molecule has 0 spiro atoms. The Morgan fingerprint density at radius 2 is 1.86 bits per heavy atom. The van der Waals surface area contributed by atoms with Crippen LogP contribution in [0.2, 0.25) is 0 Å². The zero-order chi connectivity index (χ0) is 20.4. The highest BCUT2D eigenvalue weighted by atomic mass is 127. The van der Waals surface area contributed by atoms with Crippen molar-refractivity contribution in [3.05, 3.63) is 65.2 Å². The minimum absolute atomic E-state index is 0. The number of nitrogens with one attached hydrogen (secondary N) is 2. The highest BCUT2D eigenvalue weighted by Crippen LogP contribution is 2.17. The molecular formula is C22H31IN4O2. The number of hydrogen-bond acceptors (Lipinski definition) is 3. The van der Waals surface area contributed by atoms with E-state index in [2.05, 4.69) is 15.6 Å². The number of para-hydroxylation sites is 1. The maximum Gasteiger partial charge on any atom is 0.253 e. The van der Waals surface area contributed by atoms with Gasteiger partial charge in [0.2, 0.25) is 0 Å². The standard InChI is InChI=1S/C22H30N4O2.HI/c1-5-28-20-12-7-6-10-19(20)16-25-22(23-2)24-14-13-17-9-8-11-18(15-17)21(27)26(3)4;/h6-12,15H,5,13-14,16H2,1-4H3,(H2,23,24,25);1H. The van der Waals surface area contributed by atoms with Crippen LogP contribution in [0.5, 0.6) is 5.75 Å². The van der Waals surface area contributed by atoms with Gasteiger partial charge in [-0.05, 0) is 37.1 Å². The van der Waals surface area contributed by atoms with Crippen LogP contribution < -0.4 is 15.4 Å². The zero-order valence-electron chi connectivity index (χ0n) is 17.6. The van der Waals surface area contributed by atoms with Gasteiger partial charge in [-0.1, -0.05) is 30.3 Å². The first kappa shape index (κ1) is 24.7. The molecule has 2 aromatic carbocycles. The van der Waals surface area contributed by atoms with E-state index in [-0.39, 0.29) is 29.9 Å². The third-order valence-electron chi connectivity index (χ3n) is 4.23. The molecule has 0 heterocycles. The van der Waals surface area contributed by atoms with E-state index in [9.17, 15) is 4.79 Å². The van der Waals surface area contributed by atoms with Gasteiger partial charge < -0.3 is 20.3 Å². The molecule has 0 radical (unpaired) electrons. The minimum atomic E-state index is 0. The minimum Gasteiger partial charge on any atom is -0.494 e. The van der Waals surface area contributed by atoms with Crippen LogP contribution in [-0.2, 0) is 13.0 Å². The molecule has 0 saturated carbocycles. The van der Waals surface area contributed by atoms with Crippen molar-refractivity contribution in [3.63, 3.8) is 0 Å². The van der Waals surface area contributed by atoms with Gasteiger partial charge in [-0.3, -0.25) is 9.79 Å². The van der Waals surface area contributed by atoms with Gasteiger partial charge in [-0.15, -0.1) is 24.0 Å². The van der Waals surface area contributed by atoms with Crippen molar-refractivity contribution in [1.82, 2.24) is 15.5 Å². The lowest BCUT2D eigenvalue weighted by Gasteiger charge is -2.15. The third-order valence-corrected chi connectivity index (χ3v) is 4.23. The fraction of sp³-hybridized carbons (Fsp3) is 0.364.